The minimum atomic E-state index is -0.600. The molecule has 1 spiro atoms. The molecule has 2 aliphatic rings. The zero-order chi connectivity index (χ0) is 38.7. The fraction of sp³-hybridized carbons (Fsp3) is 0.0175. The number of hydrogen-bond donors (Lipinski definition) is 0. The standard InChI is InChI=1S/C57H35NO/c1-2-14-37(15-3-1)43-30-26-38-17-12-21-48-45-19-7-10-23-51(45)57(56(43)55(38)48)50-22-9-6-18-44(50)46-31-28-42(35-52(46)57)58(40-27-25-36-13-4-5-16-39(36)33-40)41-29-32-54-49(34-41)47-20-8-11-24-53(47)59-54/h1-35H. The van der Waals surface area contributed by atoms with Crippen LogP contribution in [0.4, 0.5) is 17.1 Å². The Morgan fingerprint density at radius 2 is 0.915 bits per heavy atom. The van der Waals surface area contributed by atoms with E-state index in [2.05, 4.69) is 211 Å². The molecule has 10 aromatic carbocycles. The van der Waals surface area contributed by atoms with Gasteiger partial charge in [-0.2, -0.15) is 0 Å². The molecule has 1 heterocycles. The molecule has 2 heteroatoms. The Morgan fingerprint density at radius 1 is 0.339 bits per heavy atom. The molecule has 0 fully saturated rings. The maximum atomic E-state index is 6.35. The molecule has 1 aromatic heterocycles. The molecule has 13 rings (SSSR count). The van der Waals surface area contributed by atoms with Crippen LogP contribution in [0.2, 0.25) is 0 Å². The van der Waals surface area contributed by atoms with Crippen LogP contribution in [0.3, 0.4) is 0 Å². The second-order valence-electron chi connectivity index (χ2n) is 16.0. The molecule has 1 atom stereocenters. The van der Waals surface area contributed by atoms with E-state index in [0.29, 0.717) is 0 Å². The lowest BCUT2D eigenvalue weighted by Crippen LogP contribution is -2.32. The fourth-order valence-corrected chi connectivity index (χ4v) is 10.6. The highest BCUT2D eigenvalue weighted by molar-refractivity contribution is 6.11. The molecule has 0 bridgehead atoms. The third kappa shape index (κ3) is 4.46. The predicted molar refractivity (Wildman–Crippen MR) is 245 cm³/mol. The molecule has 0 saturated heterocycles. The summed E-state index contributed by atoms with van der Waals surface area (Å²) in [6.07, 6.45) is 0. The third-order valence-electron chi connectivity index (χ3n) is 13.0. The Bertz CT molecular complexity index is 3520. The van der Waals surface area contributed by atoms with Gasteiger partial charge in [0.05, 0.1) is 5.41 Å². The van der Waals surface area contributed by atoms with Gasteiger partial charge >= 0.3 is 0 Å². The summed E-state index contributed by atoms with van der Waals surface area (Å²) in [6, 6.07) is 78.4. The van der Waals surface area contributed by atoms with Gasteiger partial charge in [0.1, 0.15) is 11.2 Å². The lowest BCUT2D eigenvalue weighted by atomic mass is 9.60. The first-order chi connectivity index (χ1) is 29.3. The maximum Gasteiger partial charge on any atom is 0.135 e. The highest BCUT2D eigenvalue weighted by Gasteiger charge is 2.51. The van der Waals surface area contributed by atoms with Gasteiger partial charge in [0.2, 0.25) is 0 Å². The van der Waals surface area contributed by atoms with Gasteiger partial charge < -0.3 is 9.32 Å². The van der Waals surface area contributed by atoms with Crippen molar-refractivity contribution in [1.29, 1.82) is 0 Å². The Labute approximate surface area is 341 Å². The number of nitrogens with zero attached hydrogens (tertiary/aromatic N) is 1. The summed E-state index contributed by atoms with van der Waals surface area (Å²) in [6.45, 7) is 0. The number of anilines is 3. The van der Waals surface area contributed by atoms with Gasteiger partial charge in [0.15, 0.2) is 0 Å². The molecule has 0 saturated carbocycles. The van der Waals surface area contributed by atoms with Crippen molar-refractivity contribution in [2.75, 3.05) is 4.90 Å². The third-order valence-corrected chi connectivity index (χ3v) is 13.0. The van der Waals surface area contributed by atoms with E-state index in [1.165, 1.54) is 77.2 Å². The quantitative estimate of drug-likeness (QED) is 0.178. The molecule has 0 N–H and O–H groups in total. The van der Waals surface area contributed by atoms with Gasteiger partial charge in [-0.3, -0.25) is 0 Å². The van der Waals surface area contributed by atoms with E-state index in [0.717, 1.165) is 39.0 Å². The van der Waals surface area contributed by atoms with E-state index >= 15 is 0 Å². The molecular formula is C57H35NO. The molecule has 11 aromatic rings. The number of furan rings is 1. The average molecular weight is 750 g/mol. The highest BCUT2D eigenvalue weighted by atomic mass is 16.3. The second-order valence-corrected chi connectivity index (χ2v) is 16.0. The molecule has 0 aliphatic heterocycles. The van der Waals surface area contributed by atoms with Gasteiger partial charge in [-0.1, -0.05) is 164 Å². The van der Waals surface area contributed by atoms with E-state index < -0.39 is 5.41 Å². The van der Waals surface area contributed by atoms with Gasteiger partial charge in [-0.15, -0.1) is 0 Å². The minimum absolute atomic E-state index is 0.600. The van der Waals surface area contributed by atoms with Crippen molar-refractivity contribution in [3.05, 3.63) is 235 Å². The number of fused-ring (bicyclic) bond motifs is 13. The summed E-state index contributed by atoms with van der Waals surface area (Å²) in [5.74, 6) is 0. The van der Waals surface area contributed by atoms with Crippen LogP contribution in [0.25, 0.3) is 76.9 Å². The molecule has 2 aliphatic carbocycles. The molecule has 2 nitrogen and oxygen atoms in total. The van der Waals surface area contributed by atoms with Crippen molar-refractivity contribution in [3.8, 4) is 33.4 Å². The molecule has 59 heavy (non-hydrogen) atoms. The first-order valence-electron chi connectivity index (χ1n) is 20.4. The molecular weight excluding hydrogens is 715 g/mol. The molecule has 274 valence electrons. The largest absolute Gasteiger partial charge is 0.456 e. The average Bonchev–Trinajstić information content (AvgIpc) is 3.81. The van der Waals surface area contributed by atoms with Crippen molar-refractivity contribution in [3.63, 3.8) is 0 Å². The first-order valence-corrected chi connectivity index (χ1v) is 20.4. The van der Waals surface area contributed by atoms with Crippen LogP contribution < -0.4 is 4.90 Å². The zero-order valence-corrected chi connectivity index (χ0v) is 32.1. The Hall–Kier alpha value is -7.68. The fourth-order valence-electron chi connectivity index (χ4n) is 10.6. The van der Waals surface area contributed by atoms with Gasteiger partial charge in [-0.05, 0) is 126 Å². The van der Waals surface area contributed by atoms with Crippen LogP contribution in [0, 0.1) is 0 Å². The summed E-state index contributed by atoms with van der Waals surface area (Å²) in [7, 11) is 0. The number of para-hydroxylation sites is 1. The van der Waals surface area contributed by atoms with Crippen LogP contribution in [0.5, 0.6) is 0 Å². The second kappa shape index (κ2) is 12.2. The Balaban J connectivity index is 1.15. The van der Waals surface area contributed by atoms with Crippen LogP contribution in [0.1, 0.15) is 22.3 Å². The van der Waals surface area contributed by atoms with E-state index in [1.54, 1.807) is 0 Å². The monoisotopic (exact) mass is 749 g/mol. The van der Waals surface area contributed by atoms with E-state index in [4.69, 9.17) is 4.42 Å². The van der Waals surface area contributed by atoms with Gasteiger partial charge in [0, 0.05) is 27.8 Å². The van der Waals surface area contributed by atoms with E-state index in [1.807, 2.05) is 6.07 Å². The van der Waals surface area contributed by atoms with Crippen molar-refractivity contribution >= 4 is 60.5 Å². The number of benzene rings is 10. The van der Waals surface area contributed by atoms with Crippen molar-refractivity contribution in [1.82, 2.24) is 0 Å². The van der Waals surface area contributed by atoms with E-state index in [9.17, 15) is 0 Å². The SMILES string of the molecule is c1ccc(-c2ccc3cccc4c3c2C2(c3ccccc3-c3ccc(N(c5ccc6ccccc6c5)c5ccc6oc7ccccc7c6c5)cc32)c2ccccc2-4)cc1. The van der Waals surface area contributed by atoms with Crippen LogP contribution in [0.15, 0.2) is 217 Å². The summed E-state index contributed by atoms with van der Waals surface area (Å²) in [5.41, 5.74) is 17.3. The molecule has 0 radical (unpaired) electrons. The predicted octanol–water partition coefficient (Wildman–Crippen LogP) is 15.4. The molecule has 1 unspecified atom stereocenters. The van der Waals surface area contributed by atoms with Crippen molar-refractivity contribution < 1.29 is 4.42 Å². The summed E-state index contributed by atoms with van der Waals surface area (Å²) < 4.78 is 6.35. The summed E-state index contributed by atoms with van der Waals surface area (Å²) in [4.78, 5) is 2.44. The lowest BCUT2D eigenvalue weighted by Gasteiger charge is -2.41. The highest BCUT2D eigenvalue weighted by Crippen LogP contribution is 2.64. The maximum absolute atomic E-state index is 6.35. The van der Waals surface area contributed by atoms with Crippen molar-refractivity contribution in [2.45, 2.75) is 5.41 Å². The van der Waals surface area contributed by atoms with Crippen LogP contribution in [-0.4, -0.2) is 0 Å². The van der Waals surface area contributed by atoms with Gasteiger partial charge in [0.25, 0.3) is 0 Å². The normalized spacial score (nSPS) is 14.8. The number of hydrogen-bond acceptors (Lipinski definition) is 2. The summed E-state index contributed by atoms with van der Waals surface area (Å²) in [5, 5.41) is 7.22. The van der Waals surface area contributed by atoms with Crippen molar-refractivity contribution in [2.24, 2.45) is 0 Å². The smallest absolute Gasteiger partial charge is 0.135 e. The first kappa shape index (κ1) is 32.4. The Morgan fingerprint density at radius 3 is 1.78 bits per heavy atom. The zero-order valence-electron chi connectivity index (χ0n) is 32.1. The number of rotatable bonds is 4. The van der Waals surface area contributed by atoms with Gasteiger partial charge in [-0.25, -0.2) is 0 Å². The summed E-state index contributed by atoms with van der Waals surface area (Å²) >= 11 is 0. The lowest BCUT2D eigenvalue weighted by molar-refractivity contribution is 0.669. The van der Waals surface area contributed by atoms with E-state index in [-0.39, 0.29) is 0 Å². The van der Waals surface area contributed by atoms with Crippen LogP contribution >= 0.6 is 0 Å². The molecule has 0 amide bonds. The Kier molecular flexibility index (Phi) is 6.68. The van der Waals surface area contributed by atoms with Crippen LogP contribution in [-0.2, 0) is 5.41 Å². The minimum Gasteiger partial charge on any atom is -0.456 e. The topological polar surface area (TPSA) is 16.4 Å².